The van der Waals surface area contributed by atoms with Crippen molar-refractivity contribution in [2.24, 2.45) is 0 Å². The number of allylic oxidation sites excluding steroid dienone is 1. The molecule has 0 aliphatic heterocycles. The van der Waals surface area contributed by atoms with Crippen molar-refractivity contribution in [2.45, 2.75) is 58.3 Å². The Labute approximate surface area is 200 Å². The zero-order chi connectivity index (χ0) is 24.0. The van der Waals surface area contributed by atoms with Crippen molar-refractivity contribution in [3.63, 3.8) is 0 Å². The number of thioether (sulfide) groups is 1. The summed E-state index contributed by atoms with van der Waals surface area (Å²) in [6.07, 6.45) is 1.78. The number of benzene rings is 2. The number of amides is 1. The summed E-state index contributed by atoms with van der Waals surface area (Å²) < 4.78 is 7.86. The Balaban J connectivity index is 1.60. The number of hydrogen-bond donors (Lipinski definition) is 1. The third kappa shape index (κ3) is 6.71. The van der Waals surface area contributed by atoms with Gasteiger partial charge in [-0.2, -0.15) is 0 Å². The summed E-state index contributed by atoms with van der Waals surface area (Å²) in [5.74, 6) is 1.61. The molecule has 0 radical (unpaired) electrons. The topological polar surface area (TPSA) is 69.0 Å². The summed E-state index contributed by atoms with van der Waals surface area (Å²) in [6.45, 7) is 15.3. The number of ether oxygens (including phenoxy) is 1. The third-order valence-electron chi connectivity index (χ3n) is 5.32. The molecule has 0 bridgehead atoms. The Bertz CT molecular complexity index is 1110. The molecule has 3 rings (SSSR count). The van der Waals surface area contributed by atoms with E-state index in [9.17, 15) is 4.79 Å². The first-order chi connectivity index (χ1) is 15.7. The molecule has 0 unspecified atom stereocenters. The van der Waals surface area contributed by atoms with Crippen molar-refractivity contribution >= 4 is 23.4 Å². The first-order valence-corrected chi connectivity index (χ1v) is 11.9. The Morgan fingerprint density at radius 1 is 1.12 bits per heavy atom. The highest BCUT2D eigenvalue weighted by molar-refractivity contribution is 7.99. The van der Waals surface area contributed by atoms with Crippen molar-refractivity contribution in [1.82, 2.24) is 14.8 Å². The Morgan fingerprint density at radius 3 is 2.48 bits per heavy atom. The second-order valence-corrected chi connectivity index (χ2v) is 9.94. The van der Waals surface area contributed by atoms with E-state index in [-0.39, 0.29) is 23.7 Å². The van der Waals surface area contributed by atoms with Crippen LogP contribution in [0.5, 0.6) is 5.75 Å². The van der Waals surface area contributed by atoms with Crippen molar-refractivity contribution < 1.29 is 9.53 Å². The molecule has 0 saturated carbocycles. The number of carbonyl (C=O) groups excluding carboxylic acids is 1. The van der Waals surface area contributed by atoms with Gasteiger partial charge in [0.25, 0.3) is 0 Å². The number of aromatic nitrogens is 3. The summed E-state index contributed by atoms with van der Waals surface area (Å²) in [4.78, 5) is 12.4. The van der Waals surface area contributed by atoms with Gasteiger partial charge in [0.05, 0.1) is 5.75 Å². The summed E-state index contributed by atoms with van der Waals surface area (Å²) in [5, 5.41) is 12.1. The minimum absolute atomic E-state index is 0.0897. The first kappa shape index (κ1) is 24.6. The number of rotatable bonds is 9. The van der Waals surface area contributed by atoms with Crippen LogP contribution in [0.15, 0.2) is 60.3 Å². The Kier molecular flexibility index (Phi) is 7.97. The molecule has 174 valence electrons. The summed E-state index contributed by atoms with van der Waals surface area (Å²) in [6, 6.07) is 14.0. The fourth-order valence-electron chi connectivity index (χ4n) is 3.19. The van der Waals surface area contributed by atoms with E-state index in [0.717, 1.165) is 17.0 Å². The van der Waals surface area contributed by atoms with Gasteiger partial charge in [-0.05, 0) is 60.2 Å². The predicted molar refractivity (Wildman–Crippen MR) is 135 cm³/mol. The summed E-state index contributed by atoms with van der Waals surface area (Å²) in [5.41, 5.74) is 4.48. The fourth-order valence-corrected chi connectivity index (χ4v) is 3.96. The monoisotopic (exact) mass is 464 g/mol. The van der Waals surface area contributed by atoms with Crippen LogP contribution in [0.3, 0.4) is 0 Å². The molecule has 0 saturated heterocycles. The molecule has 1 N–H and O–H groups in total. The van der Waals surface area contributed by atoms with Crippen molar-refractivity contribution in [2.75, 3.05) is 11.1 Å². The maximum absolute atomic E-state index is 12.4. The van der Waals surface area contributed by atoms with Crippen LogP contribution in [-0.4, -0.2) is 26.4 Å². The molecule has 2 aromatic carbocycles. The zero-order valence-corrected chi connectivity index (χ0v) is 20.8. The highest BCUT2D eigenvalue weighted by atomic mass is 32.2. The van der Waals surface area contributed by atoms with Crippen LogP contribution in [0, 0.1) is 13.8 Å². The molecule has 3 aromatic rings. The second kappa shape index (κ2) is 10.7. The van der Waals surface area contributed by atoms with Crippen LogP contribution in [-0.2, 0) is 23.4 Å². The van der Waals surface area contributed by atoms with Gasteiger partial charge in [0.15, 0.2) is 11.0 Å². The number of hydrogen-bond acceptors (Lipinski definition) is 5. The smallest absolute Gasteiger partial charge is 0.234 e. The van der Waals surface area contributed by atoms with E-state index in [4.69, 9.17) is 4.74 Å². The number of anilines is 1. The lowest BCUT2D eigenvalue weighted by molar-refractivity contribution is -0.113. The van der Waals surface area contributed by atoms with E-state index in [1.54, 1.807) is 6.08 Å². The Morgan fingerprint density at radius 2 is 1.85 bits per heavy atom. The average Bonchev–Trinajstić information content (AvgIpc) is 3.15. The molecule has 7 heteroatoms. The van der Waals surface area contributed by atoms with Crippen LogP contribution < -0.4 is 10.1 Å². The fraction of sp³-hybridized carbons (Fsp3) is 0.346. The lowest BCUT2D eigenvalue weighted by Gasteiger charge is -2.19. The van der Waals surface area contributed by atoms with Crippen molar-refractivity contribution in [3.8, 4) is 5.75 Å². The highest BCUT2D eigenvalue weighted by Crippen LogP contribution is 2.25. The van der Waals surface area contributed by atoms with E-state index in [1.807, 2.05) is 48.7 Å². The maximum Gasteiger partial charge on any atom is 0.234 e. The summed E-state index contributed by atoms with van der Waals surface area (Å²) >= 11 is 1.34. The van der Waals surface area contributed by atoms with Crippen LogP contribution in [0.4, 0.5) is 5.69 Å². The molecule has 0 aliphatic rings. The average molecular weight is 465 g/mol. The molecular formula is C26H32N4O2S. The van der Waals surface area contributed by atoms with Crippen LogP contribution in [0.1, 0.15) is 43.3 Å². The quantitative estimate of drug-likeness (QED) is 0.325. The van der Waals surface area contributed by atoms with Gasteiger partial charge in [-0.3, -0.25) is 9.36 Å². The molecule has 0 aliphatic carbocycles. The third-order valence-corrected chi connectivity index (χ3v) is 6.28. The van der Waals surface area contributed by atoms with Gasteiger partial charge in [0.1, 0.15) is 12.4 Å². The van der Waals surface area contributed by atoms with Crippen LogP contribution in [0.2, 0.25) is 0 Å². The minimum atomic E-state index is -0.0897. The van der Waals surface area contributed by atoms with Gasteiger partial charge in [-0.25, -0.2) is 0 Å². The van der Waals surface area contributed by atoms with E-state index in [0.29, 0.717) is 17.5 Å². The minimum Gasteiger partial charge on any atom is -0.486 e. The molecule has 0 atom stereocenters. The summed E-state index contributed by atoms with van der Waals surface area (Å²) in [7, 11) is 0. The van der Waals surface area contributed by atoms with Crippen molar-refractivity contribution in [3.05, 3.63) is 77.6 Å². The number of carbonyl (C=O) groups is 1. The molecule has 0 fully saturated rings. The molecular weight excluding hydrogens is 432 g/mol. The van der Waals surface area contributed by atoms with Gasteiger partial charge in [-0.1, -0.05) is 56.8 Å². The lowest BCUT2D eigenvalue weighted by atomic mass is 9.87. The van der Waals surface area contributed by atoms with Gasteiger partial charge < -0.3 is 10.1 Å². The van der Waals surface area contributed by atoms with Gasteiger partial charge in [-0.15, -0.1) is 16.8 Å². The molecule has 1 aromatic heterocycles. The van der Waals surface area contributed by atoms with E-state index >= 15 is 0 Å². The molecule has 0 spiro atoms. The first-order valence-electron chi connectivity index (χ1n) is 10.9. The molecule has 1 heterocycles. The highest BCUT2D eigenvalue weighted by Gasteiger charge is 2.16. The largest absolute Gasteiger partial charge is 0.486 e. The van der Waals surface area contributed by atoms with E-state index < -0.39 is 0 Å². The molecule has 1 amide bonds. The van der Waals surface area contributed by atoms with E-state index in [1.165, 1.54) is 22.9 Å². The van der Waals surface area contributed by atoms with Crippen molar-refractivity contribution in [1.29, 1.82) is 0 Å². The molecule has 33 heavy (non-hydrogen) atoms. The lowest BCUT2D eigenvalue weighted by Crippen LogP contribution is -2.15. The van der Waals surface area contributed by atoms with Gasteiger partial charge in [0.2, 0.25) is 5.91 Å². The normalized spacial score (nSPS) is 11.3. The van der Waals surface area contributed by atoms with E-state index in [2.05, 4.69) is 55.0 Å². The maximum atomic E-state index is 12.4. The standard InChI is InChI=1S/C26H32N4O2S/c1-7-14-30-23(16-32-22-12-9-20(10-13-22)26(4,5)6)28-29-25(30)33-17-24(31)27-21-11-8-18(2)19(3)15-21/h7-13,15H,1,14,16-17H2,2-6H3,(H,27,31). The number of aryl methyl sites for hydroxylation is 2. The number of nitrogens with one attached hydrogen (secondary N) is 1. The second-order valence-electron chi connectivity index (χ2n) is 9.00. The SMILES string of the molecule is C=CCn1c(COc2ccc(C(C)(C)C)cc2)nnc1SCC(=O)Nc1ccc(C)c(C)c1. The van der Waals surface area contributed by atoms with Crippen LogP contribution >= 0.6 is 11.8 Å². The zero-order valence-electron chi connectivity index (χ0n) is 20.0. The number of nitrogens with zero attached hydrogens (tertiary/aromatic N) is 3. The Hall–Kier alpha value is -3.06. The molecule has 6 nitrogen and oxygen atoms in total. The van der Waals surface area contributed by atoms with Gasteiger partial charge in [0, 0.05) is 12.2 Å². The van der Waals surface area contributed by atoms with Crippen LogP contribution in [0.25, 0.3) is 0 Å². The predicted octanol–water partition coefficient (Wildman–Crippen LogP) is 5.69. The van der Waals surface area contributed by atoms with Gasteiger partial charge >= 0.3 is 0 Å².